The lowest BCUT2D eigenvalue weighted by molar-refractivity contribution is -0.148. The molecule has 6 rings (SSSR count). The van der Waals surface area contributed by atoms with Crippen molar-refractivity contribution in [3.8, 4) is 34.9 Å². The highest BCUT2D eigenvalue weighted by molar-refractivity contribution is 6.31. The maximum Gasteiger partial charge on any atom is 0.328 e. The summed E-state index contributed by atoms with van der Waals surface area (Å²) in [7, 11) is 1.27. The summed E-state index contributed by atoms with van der Waals surface area (Å²) in [6.07, 6.45) is 3.01. The Morgan fingerprint density at radius 2 is 1.82 bits per heavy atom. The van der Waals surface area contributed by atoms with E-state index in [1.165, 1.54) is 23.0 Å². The van der Waals surface area contributed by atoms with Crippen LogP contribution in [-0.4, -0.2) is 94.0 Å². The molecule has 0 radical (unpaired) electrons. The van der Waals surface area contributed by atoms with Crippen LogP contribution in [0, 0.1) is 23.2 Å². The van der Waals surface area contributed by atoms with Crippen LogP contribution in [0.4, 0.5) is 10.5 Å². The zero-order valence-electron chi connectivity index (χ0n) is 29.9. The van der Waals surface area contributed by atoms with Gasteiger partial charge in [0.2, 0.25) is 5.91 Å². The Labute approximate surface area is 322 Å². The van der Waals surface area contributed by atoms with Gasteiger partial charge in [0, 0.05) is 41.1 Å². The Kier molecular flexibility index (Phi) is 12.3. The first-order valence-corrected chi connectivity index (χ1v) is 18.0. The SMILES string of the molecule is COC(=O)C1CCCN1C(=O)N[C@@H](C(=O)N1CCOC[C@H]1C(=O)Nc1ccc(C#Cc2cn(CCC#N)nc2-c2cc(Cl)ccc2O)cc1)c1ccccc1. The molecule has 0 saturated carbocycles. The molecule has 3 aromatic carbocycles. The summed E-state index contributed by atoms with van der Waals surface area (Å²) >= 11 is 6.19. The molecule has 3 N–H and O–H groups in total. The maximum absolute atomic E-state index is 14.2. The number of morpholine rings is 1. The number of likely N-dealkylation sites (tertiary alicyclic amines) is 1. The second-order valence-corrected chi connectivity index (χ2v) is 13.3. The van der Waals surface area contributed by atoms with E-state index >= 15 is 0 Å². The molecule has 2 saturated heterocycles. The van der Waals surface area contributed by atoms with Crippen LogP contribution in [0.1, 0.15) is 42.0 Å². The van der Waals surface area contributed by atoms with E-state index in [4.69, 9.17) is 26.3 Å². The van der Waals surface area contributed by atoms with Crippen molar-refractivity contribution in [3.05, 3.63) is 101 Å². The fourth-order valence-electron chi connectivity index (χ4n) is 6.47. The van der Waals surface area contributed by atoms with Gasteiger partial charge in [-0.2, -0.15) is 10.4 Å². The number of anilines is 1. The summed E-state index contributed by atoms with van der Waals surface area (Å²) in [6.45, 7) is 0.927. The highest BCUT2D eigenvalue weighted by atomic mass is 35.5. The normalized spacial score (nSPS) is 17.0. The summed E-state index contributed by atoms with van der Waals surface area (Å²) in [4.78, 5) is 56.6. The first-order valence-electron chi connectivity index (χ1n) is 17.6. The standard InChI is InChI=1S/C40H38ClN7O7/c1-54-39(52)32-9-5-20-48(32)40(53)44-36(27-7-3-2-4-8-27)38(51)47-21-22-55-25-33(47)37(50)43-30-15-11-26(12-16-30)10-13-28-24-46(19-6-18-42)45-35(28)31-23-29(41)14-17-34(31)49/h2-4,7-8,11-12,14-17,23-24,32-33,36,49H,5-6,9,19-22,25H2,1H3,(H,43,50)(H,44,53)/t32?,33-,36+/m0/s1. The van der Waals surface area contributed by atoms with Gasteiger partial charge < -0.3 is 35.0 Å². The lowest BCUT2D eigenvalue weighted by Gasteiger charge is -2.37. The summed E-state index contributed by atoms with van der Waals surface area (Å²) in [5.74, 6) is 4.66. The van der Waals surface area contributed by atoms with Gasteiger partial charge in [0.15, 0.2) is 0 Å². The Bertz CT molecular complexity index is 2160. The summed E-state index contributed by atoms with van der Waals surface area (Å²) in [5, 5.41) is 30.2. The number of halogens is 1. The number of amides is 4. The molecule has 4 amide bonds. The van der Waals surface area contributed by atoms with Crippen LogP contribution in [0.15, 0.2) is 79.0 Å². The zero-order chi connectivity index (χ0) is 38.9. The van der Waals surface area contributed by atoms with Crippen LogP contribution in [0.3, 0.4) is 0 Å². The lowest BCUT2D eigenvalue weighted by Crippen LogP contribution is -2.58. The number of hydrogen-bond donors (Lipinski definition) is 3. The van der Waals surface area contributed by atoms with Gasteiger partial charge in [0.1, 0.15) is 29.6 Å². The molecule has 2 aliphatic rings. The third kappa shape index (κ3) is 9.07. The monoisotopic (exact) mass is 763 g/mol. The number of carbonyl (C=O) groups is 4. The number of esters is 1. The van der Waals surface area contributed by atoms with Gasteiger partial charge in [-0.3, -0.25) is 14.3 Å². The molecule has 2 aliphatic heterocycles. The van der Waals surface area contributed by atoms with E-state index in [2.05, 4.69) is 33.6 Å². The molecule has 15 heteroatoms. The van der Waals surface area contributed by atoms with E-state index in [0.717, 1.165) is 0 Å². The van der Waals surface area contributed by atoms with Crippen molar-refractivity contribution in [2.75, 3.05) is 38.7 Å². The number of aromatic hydroxyl groups is 1. The Balaban J connectivity index is 1.17. The minimum absolute atomic E-state index is 0.0158. The molecule has 14 nitrogen and oxygen atoms in total. The number of benzene rings is 3. The smallest absolute Gasteiger partial charge is 0.328 e. The number of carbonyl (C=O) groups excluding carboxylic acids is 4. The first-order chi connectivity index (χ1) is 26.7. The van der Waals surface area contributed by atoms with Gasteiger partial charge in [0.25, 0.3) is 5.91 Å². The molecule has 55 heavy (non-hydrogen) atoms. The van der Waals surface area contributed by atoms with E-state index in [1.807, 2.05) is 0 Å². The van der Waals surface area contributed by atoms with Crippen molar-refractivity contribution in [1.29, 1.82) is 5.26 Å². The number of hydrogen-bond acceptors (Lipinski definition) is 9. The van der Waals surface area contributed by atoms with E-state index < -0.39 is 41.9 Å². The third-order valence-electron chi connectivity index (χ3n) is 9.27. The molecule has 0 aliphatic carbocycles. The quantitative estimate of drug-likeness (QED) is 0.164. The number of urea groups is 1. The number of phenolic OH excluding ortho intramolecular Hbond substituents is 1. The van der Waals surface area contributed by atoms with E-state index in [9.17, 15) is 24.3 Å². The molecule has 4 aromatic rings. The highest BCUT2D eigenvalue weighted by Gasteiger charge is 2.40. The summed E-state index contributed by atoms with van der Waals surface area (Å²) in [5.41, 5.74) is 2.93. The van der Waals surface area contributed by atoms with Crippen LogP contribution in [0.5, 0.6) is 5.75 Å². The molecule has 1 aromatic heterocycles. The van der Waals surface area contributed by atoms with Crippen molar-refractivity contribution < 1.29 is 33.8 Å². The predicted octanol–water partition coefficient (Wildman–Crippen LogP) is 4.48. The van der Waals surface area contributed by atoms with Gasteiger partial charge in [-0.25, -0.2) is 9.59 Å². The number of aryl methyl sites for hydroxylation is 1. The van der Waals surface area contributed by atoms with Crippen LogP contribution in [0.2, 0.25) is 5.02 Å². The average Bonchev–Trinajstić information content (AvgIpc) is 3.87. The van der Waals surface area contributed by atoms with Crippen LogP contribution >= 0.6 is 11.6 Å². The van der Waals surface area contributed by atoms with Gasteiger partial charge in [-0.05, 0) is 60.9 Å². The Morgan fingerprint density at radius 1 is 1.04 bits per heavy atom. The van der Waals surface area contributed by atoms with E-state index in [-0.39, 0.29) is 31.9 Å². The number of nitrogens with one attached hydrogen (secondary N) is 2. The van der Waals surface area contributed by atoms with Crippen LogP contribution in [0.25, 0.3) is 11.3 Å². The maximum atomic E-state index is 14.2. The number of nitrogens with zero attached hydrogens (tertiary/aromatic N) is 5. The molecular weight excluding hydrogens is 726 g/mol. The Morgan fingerprint density at radius 3 is 2.56 bits per heavy atom. The van der Waals surface area contributed by atoms with Crippen molar-refractivity contribution in [1.82, 2.24) is 24.9 Å². The van der Waals surface area contributed by atoms with Crippen molar-refractivity contribution in [2.24, 2.45) is 0 Å². The average molecular weight is 764 g/mol. The minimum atomic E-state index is -1.14. The van der Waals surface area contributed by atoms with Gasteiger partial charge in [-0.1, -0.05) is 53.8 Å². The summed E-state index contributed by atoms with van der Waals surface area (Å²) < 4.78 is 12.1. The lowest BCUT2D eigenvalue weighted by atomic mass is 10.0. The van der Waals surface area contributed by atoms with E-state index in [1.54, 1.807) is 77.6 Å². The first kappa shape index (κ1) is 38.4. The van der Waals surface area contributed by atoms with Crippen LogP contribution in [-0.2, 0) is 30.4 Å². The zero-order valence-corrected chi connectivity index (χ0v) is 30.7. The molecule has 282 valence electrons. The van der Waals surface area contributed by atoms with Gasteiger partial charge >= 0.3 is 12.0 Å². The second-order valence-electron chi connectivity index (χ2n) is 12.8. The second kappa shape index (κ2) is 17.6. The molecule has 0 bridgehead atoms. The van der Waals surface area contributed by atoms with Crippen molar-refractivity contribution in [3.63, 3.8) is 0 Å². The van der Waals surface area contributed by atoms with Crippen molar-refractivity contribution in [2.45, 2.75) is 43.9 Å². The van der Waals surface area contributed by atoms with Gasteiger partial charge in [-0.15, -0.1) is 0 Å². The molecule has 2 fully saturated rings. The molecule has 3 heterocycles. The molecule has 0 spiro atoms. The molecule has 1 unspecified atom stereocenters. The molecular formula is C40H38ClN7O7. The number of nitriles is 1. The van der Waals surface area contributed by atoms with E-state index in [0.29, 0.717) is 64.6 Å². The fourth-order valence-corrected chi connectivity index (χ4v) is 6.64. The predicted molar refractivity (Wildman–Crippen MR) is 201 cm³/mol. The van der Waals surface area contributed by atoms with Gasteiger partial charge in [0.05, 0.1) is 44.9 Å². The number of aromatic nitrogens is 2. The molecule has 3 atom stereocenters. The highest BCUT2D eigenvalue weighted by Crippen LogP contribution is 2.33. The number of phenols is 1. The van der Waals surface area contributed by atoms with Crippen molar-refractivity contribution >= 4 is 41.1 Å². The fraction of sp³-hybridized carbons (Fsp3) is 0.300. The third-order valence-corrected chi connectivity index (χ3v) is 9.51. The van der Waals surface area contributed by atoms with Crippen LogP contribution < -0.4 is 10.6 Å². The number of rotatable bonds is 9. The number of ether oxygens (including phenoxy) is 2. The minimum Gasteiger partial charge on any atom is -0.507 e. The largest absolute Gasteiger partial charge is 0.507 e. The number of methoxy groups -OCH3 is 1. The Hall–Kier alpha value is -6.35. The summed E-state index contributed by atoms with van der Waals surface area (Å²) in [6, 6.07) is 18.8. The topological polar surface area (TPSA) is 179 Å².